The maximum atomic E-state index is 15.2. The zero-order valence-corrected chi connectivity index (χ0v) is 69.0. The molecule has 112 heavy (non-hydrogen) atoms. The molecule has 0 aromatic heterocycles. The first-order valence-electron chi connectivity index (χ1n) is 43.9. The van der Waals surface area contributed by atoms with Crippen molar-refractivity contribution in [2.45, 2.75) is 378 Å². The smallest absolute Gasteiger partial charge is 0.465 e. The number of hydrogen-bond donors (Lipinski definition) is 3. The number of fused-ring (bicyclic) bond motifs is 1. The van der Waals surface area contributed by atoms with Crippen molar-refractivity contribution in [2.75, 3.05) is 33.0 Å². The van der Waals surface area contributed by atoms with Crippen molar-refractivity contribution in [3.05, 3.63) is 120 Å². The molecule has 3 aromatic carbocycles. The van der Waals surface area contributed by atoms with Gasteiger partial charge in [0.1, 0.15) is 48.9 Å². The molecule has 13 atom stereocenters. The van der Waals surface area contributed by atoms with Gasteiger partial charge in [-0.3, -0.25) is 19.2 Å². The molecule has 3 N–H and O–H groups in total. The first-order chi connectivity index (χ1) is 54.8. The Morgan fingerprint density at radius 3 is 1.47 bits per heavy atom. The molecule has 0 radical (unpaired) electrons. The number of rotatable bonds is 64. The third kappa shape index (κ3) is 40.0. The lowest BCUT2D eigenvalue weighted by atomic mass is 9.93. The molecule has 3 heterocycles. The number of ketones is 1. The van der Waals surface area contributed by atoms with Gasteiger partial charge in [-0.1, -0.05) is 343 Å². The Hall–Kier alpha value is -6.10. The lowest BCUT2D eigenvalue weighted by molar-refractivity contribution is -0.351. The van der Waals surface area contributed by atoms with Crippen molar-refractivity contribution >= 4 is 35.7 Å². The fourth-order valence-corrected chi connectivity index (χ4v) is 15.2. The van der Waals surface area contributed by atoms with Crippen LogP contribution in [0.5, 0.6) is 0 Å². The zero-order valence-electron chi connectivity index (χ0n) is 69.0. The Labute approximate surface area is 672 Å². The standard InChI is InChI=1S/C92H144N2O18/c1-6-10-13-16-19-22-25-26-29-32-35-38-50-59-81(98)104-68-75(56-43-37-34-31-28-24-21-18-15-12-8-3)64-80(97)94-84-88(110-82(99)61-60-71(5)95)86-78(70-106-90(111-86)76-57-48-41-49-58-76)109-91(84)107-69-77-85(105-67-73-53-46-40-47-54-73)87(112-92(101)103-62-9-4)83(89(100)108-77)93-79(96)63-74(66-102-65-72-51-44-39-45-52-72)55-42-36-33-30-27-23-20-17-14-11-7-2/h9,39-41,44-49,51-54,57-58,74-75,77-78,83-91,100H,4,6-8,10-38,42-43,50,55-56,59-70H2,1-3,5H3,(H,93,96)(H,94,97)/t74-,75-,77-,78-,83-,84-,85-,86-,87-,88-,89-,90?,91-/m1/s1. The minimum Gasteiger partial charge on any atom is -0.465 e. The Bertz CT molecular complexity index is 2960. The van der Waals surface area contributed by atoms with Crippen molar-refractivity contribution < 1.29 is 86.0 Å². The van der Waals surface area contributed by atoms with E-state index in [0.29, 0.717) is 31.6 Å². The lowest BCUT2D eigenvalue weighted by Crippen LogP contribution is -2.69. The lowest BCUT2D eigenvalue weighted by Gasteiger charge is -2.49. The van der Waals surface area contributed by atoms with Crippen molar-refractivity contribution in [2.24, 2.45) is 11.8 Å². The summed E-state index contributed by atoms with van der Waals surface area (Å²) in [7, 11) is 0. The van der Waals surface area contributed by atoms with Gasteiger partial charge in [0, 0.05) is 37.2 Å². The molecule has 3 fully saturated rings. The van der Waals surface area contributed by atoms with Crippen LogP contribution < -0.4 is 10.6 Å². The maximum Gasteiger partial charge on any atom is 0.509 e. The molecule has 3 aliphatic rings. The molecular formula is C92H144N2O18. The molecule has 0 saturated carbocycles. The summed E-state index contributed by atoms with van der Waals surface area (Å²) < 4.78 is 70.3. The summed E-state index contributed by atoms with van der Waals surface area (Å²) in [6, 6.07) is 25.6. The molecule has 3 saturated heterocycles. The van der Waals surface area contributed by atoms with E-state index in [0.717, 1.165) is 88.2 Å². The topological polar surface area (TPSA) is 248 Å². The van der Waals surface area contributed by atoms with Crippen LogP contribution in [0.25, 0.3) is 0 Å². The third-order valence-electron chi connectivity index (χ3n) is 21.8. The second kappa shape index (κ2) is 59.5. The minimum atomic E-state index is -1.84. The number of aliphatic hydroxyl groups excluding tert-OH is 1. The molecular weight excluding hydrogens is 1420 g/mol. The van der Waals surface area contributed by atoms with Crippen LogP contribution in [0.1, 0.15) is 320 Å². The zero-order chi connectivity index (χ0) is 79.9. The number of hydrogen-bond acceptors (Lipinski definition) is 18. The number of ether oxygens (including phenoxy) is 11. The predicted octanol–water partition coefficient (Wildman–Crippen LogP) is 19.8. The van der Waals surface area contributed by atoms with Gasteiger partial charge in [0.2, 0.25) is 11.8 Å². The Morgan fingerprint density at radius 2 is 0.964 bits per heavy atom. The van der Waals surface area contributed by atoms with Gasteiger partial charge in [0.25, 0.3) is 0 Å². The highest BCUT2D eigenvalue weighted by Gasteiger charge is 2.55. The normalized spacial score (nSPS) is 21.4. The van der Waals surface area contributed by atoms with Gasteiger partial charge in [0.05, 0.1) is 46.1 Å². The van der Waals surface area contributed by atoms with Crippen LogP contribution in [-0.4, -0.2) is 135 Å². The second-order valence-corrected chi connectivity index (χ2v) is 31.6. The number of carbonyl (C=O) groups excluding carboxylic acids is 6. The SMILES string of the molecule is C=CCOC(=O)O[C@@H]1[C@@H](NC(=O)C[C@@H](CCCCCCCCCCCCC)COCc2ccccc2)[C@H](O)O[C@H](CO[C@@H]2O[C@@H]3COC(c4ccccc4)O[C@H]3[C@H](OC(=O)CCC(C)=O)[C@H]2NC(=O)C[C@@H](CCCCCCCCCCCCC)COC(=O)CCCCCCCCCCCCCCC)[C@H]1OCc1ccccc1. The number of amides is 2. The summed E-state index contributed by atoms with van der Waals surface area (Å²) in [5.41, 5.74) is 2.42. The van der Waals surface area contributed by atoms with Crippen LogP contribution in [0.3, 0.4) is 0 Å². The molecule has 3 aliphatic heterocycles. The Kier molecular flexibility index (Phi) is 50.4. The number of Topliss-reactive ketones (excluding diaryl/α,β-unsaturated/α-hetero) is 1. The molecule has 630 valence electrons. The molecule has 1 unspecified atom stereocenters. The van der Waals surface area contributed by atoms with Crippen molar-refractivity contribution in [3.8, 4) is 0 Å². The van der Waals surface area contributed by atoms with E-state index < -0.39 is 98.1 Å². The maximum absolute atomic E-state index is 15.2. The highest BCUT2D eigenvalue weighted by atomic mass is 16.8. The average Bonchev–Trinajstić information content (AvgIpc) is 0.770. The molecule has 20 nitrogen and oxygen atoms in total. The minimum absolute atomic E-state index is 0.0184. The van der Waals surface area contributed by atoms with E-state index in [2.05, 4.69) is 38.0 Å². The highest BCUT2D eigenvalue weighted by Crippen LogP contribution is 2.38. The van der Waals surface area contributed by atoms with Crippen LogP contribution in [0.4, 0.5) is 4.79 Å². The van der Waals surface area contributed by atoms with Gasteiger partial charge in [-0.05, 0) is 43.2 Å². The molecule has 6 rings (SSSR count). The molecule has 0 aliphatic carbocycles. The van der Waals surface area contributed by atoms with E-state index in [4.69, 9.17) is 52.1 Å². The van der Waals surface area contributed by atoms with E-state index in [9.17, 15) is 29.1 Å². The van der Waals surface area contributed by atoms with Gasteiger partial charge in [-0.25, -0.2) is 4.79 Å². The van der Waals surface area contributed by atoms with Crippen LogP contribution in [0.15, 0.2) is 104 Å². The fraction of sp³-hybridized carbons (Fsp3) is 0.717. The van der Waals surface area contributed by atoms with Gasteiger partial charge in [-0.15, -0.1) is 0 Å². The van der Waals surface area contributed by atoms with E-state index in [-0.39, 0.29) is 82.1 Å². The van der Waals surface area contributed by atoms with Gasteiger partial charge in [-0.2, -0.15) is 0 Å². The summed E-state index contributed by atoms with van der Waals surface area (Å²) in [5, 5.41) is 18.5. The van der Waals surface area contributed by atoms with Gasteiger partial charge < -0.3 is 72.6 Å². The molecule has 3 aromatic rings. The van der Waals surface area contributed by atoms with E-state index in [1.54, 1.807) is 0 Å². The first kappa shape index (κ1) is 94.8. The quantitative estimate of drug-likeness (QED) is 0.0206. The molecule has 0 bridgehead atoms. The summed E-state index contributed by atoms with van der Waals surface area (Å²) >= 11 is 0. The van der Waals surface area contributed by atoms with Gasteiger partial charge >= 0.3 is 18.1 Å². The third-order valence-corrected chi connectivity index (χ3v) is 21.8. The van der Waals surface area contributed by atoms with E-state index >= 15 is 4.79 Å². The van der Waals surface area contributed by atoms with Crippen molar-refractivity contribution in [1.29, 1.82) is 0 Å². The fourth-order valence-electron chi connectivity index (χ4n) is 15.2. The summed E-state index contributed by atoms with van der Waals surface area (Å²) in [6.07, 6.45) is 30.7. The Balaban J connectivity index is 1.25. The van der Waals surface area contributed by atoms with Crippen LogP contribution in [0, 0.1) is 11.8 Å². The Morgan fingerprint density at radius 1 is 0.491 bits per heavy atom. The highest BCUT2D eigenvalue weighted by molar-refractivity contribution is 5.81. The monoisotopic (exact) mass is 1570 g/mol. The summed E-state index contributed by atoms with van der Waals surface area (Å²) in [6.45, 7) is 11.7. The van der Waals surface area contributed by atoms with Crippen molar-refractivity contribution in [3.63, 3.8) is 0 Å². The molecule has 2 amide bonds. The van der Waals surface area contributed by atoms with Crippen LogP contribution in [-0.2, 0) is 89.3 Å². The predicted molar refractivity (Wildman–Crippen MR) is 436 cm³/mol. The van der Waals surface area contributed by atoms with Crippen LogP contribution >= 0.6 is 0 Å². The van der Waals surface area contributed by atoms with Crippen molar-refractivity contribution in [1.82, 2.24) is 10.6 Å². The number of benzene rings is 3. The number of esters is 2. The first-order valence-corrected chi connectivity index (χ1v) is 43.9. The number of unbranched alkanes of at least 4 members (excludes halogenated alkanes) is 32. The van der Waals surface area contributed by atoms with E-state index in [1.165, 1.54) is 161 Å². The summed E-state index contributed by atoms with van der Waals surface area (Å²) in [4.78, 5) is 83.9. The molecule has 0 spiro atoms. The molecule has 20 heteroatoms. The number of aliphatic hydroxyl groups is 1. The summed E-state index contributed by atoms with van der Waals surface area (Å²) in [5.74, 6) is -2.78. The largest absolute Gasteiger partial charge is 0.509 e. The number of nitrogens with one attached hydrogen (secondary N) is 2. The van der Waals surface area contributed by atoms with Gasteiger partial charge in [0.15, 0.2) is 31.1 Å². The average molecular weight is 1570 g/mol. The van der Waals surface area contributed by atoms with E-state index in [1.807, 2.05) is 91.0 Å². The number of carbonyl (C=O) groups is 6. The van der Waals surface area contributed by atoms with Crippen LogP contribution in [0.2, 0.25) is 0 Å². The second-order valence-electron chi connectivity index (χ2n) is 31.6.